The number of anilines is 1. The number of ether oxygens (including phenoxy) is 2. The van der Waals surface area contributed by atoms with Crippen LogP contribution in [-0.2, 0) is 4.79 Å². The van der Waals surface area contributed by atoms with Gasteiger partial charge in [0.15, 0.2) is 6.10 Å². The largest absolute Gasteiger partial charge is 0.497 e. The first kappa shape index (κ1) is 19.8. The highest BCUT2D eigenvalue weighted by Gasteiger charge is 2.19. The van der Waals surface area contributed by atoms with Crippen molar-refractivity contribution in [1.29, 1.82) is 0 Å². The smallest absolute Gasteiger partial charge is 0.266 e. The van der Waals surface area contributed by atoms with Gasteiger partial charge in [-0.3, -0.25) is 10.1 Å². The monoisotopic (exact) mass is 397 g/mol. The summed E-state index contributed by atoms with van der Waals surface area (Å²) in [5.41, 5.74) is 1.98. The molecule has 28 heavy (non-hydrogen) atoms. The first-order valence-electron chi connectivity index (χ1n) is 9.02. The number of hydrogen-bond acceptors (Lipinski definition) is 6. The van der Waals surface area contributed by atoms with Crippen molar-refractivity contribution in [3.63, 3.8) is 0 Å². The van der Waals surface area contributed by atoms with Gasteiger partial charge in [0.25, 0.3) is 5.91 Å². The summed E-state index contributed by atoms with van der Waals surface area (Å²) >= 11 is 1.31. The third-order valence-electron chi connectivity index (χ3n) is 4.21. The highest BCUT2D eigenvalue weighted by molar-refractivity contribution is 7.18. The molecule has 0 aliphatic carbocycles. The maximum Gasteiger partial charge on any atom is 0.266 e. The second-order valence-electron chi connectivity index (χ2n) is 6.58. The third kappa shape index (κ3) is 4.67. The molecular formula is C21H23N3O3S. The molecule has 0 bridgehead atoms. The van der Waals surface area contributed by atoms with Crippen LogP contribution in [-0.4, -0.2) is 29.3 Å². The van der Waals surface area contributed by atoms with Crippen LogP contribution in [0.2, 0.25) is 0 Å². The van der Waals surface area contributed by atoms with Crippen molar-refractivity contribution in [3.05, 3.63) is 54.1 Å². The van der Waals surface area contributed by atoms with Gasteiger partial charge in [-0.25, -0.2) is 0 Å². The fraction of sp³-hybridized carbons (Fsp3) is 0.286. The van der Waals surface area contributed by atoms with Gasteiger partial charge in [-0.15, -0.1) is 10.2 Å². The van der Waals surface area contributed by atoms with Crippen LogP contribution < -0.4 is 14.8 Å². The van der Waals surface area contributed by atoms with E-state index in [2.05, 4.69) is 29.4 Å². The number of carbonyl (C=O) groups excluding carboxylic acids is 1. The highest BCUT2D eigenvalue weighted by Crippen LogP contribution is 2.29. The molecule has 1 heterocycles. The van der Waals surface area contributed by atoms with Crippen molar-refractivity contribution in [3.8, 4) is 22.1 Å². The Balaban J connectivity index is 1.65. The minimum Gasteiger partial charge on any atom is -0.497 e. The molecule has 2 aromatic carbocycles. The van der Waals surface area contributed by atoms with Gasteiger partial charge < -0.3 is 9.47 Å². The molecule has 0 radical (unpaired) electrons. The molecule has 6 nitrogen and oxygen atoms in total. The number of methoxy groups -OCH3 is 1. The van der Waals surface area contributed by atoms with E-state index in [0.29, 0.717) is 11.0 Å². The van der Waals surface area contributed by atoms with Crippen LogP contribution >= 0.6 is 11.3 Å². The Hall–Kier alpha value is -2.93. The van der Waals surface area contributed by atoms with Crippen LogP contribution in [0.25, 0.3) is 10.6 Å². The van der Waals surface area contributed by atoms with E-state index in [9.17, 15) is 4.79 Å². The Morgan fingerprint density at radius 3 is 2.43 bits per heavy atom. The van der Waals surface area contributed by atoms with Crippen LogP contribution in [0.15, 0.2) is 48.5 Å². The van der Waals surface area contributed by atoms with E-state index < -0.39 is 6.10 Å². The van der Waals surface area contributed by atoms with Crippen LogP contribution in [0.5, 0.6) is 11.5 Å². The van der Waals surface area contributed by atoms with E-state index in [0.717, 1.165) is 27.6 Å². The van der Waals surface area contributed by atoms with E-state index >= 15 is 0 Å². The van der Waals surface area contributed by atoms with E-state index in [4.69, 9.17) is 9.47 Å². The Kier molecular flexibility index (Phi) is 6.26. The maximum atomic E-state index is 12.5. The minimum atomic E-state index is -0.659. The Morgan fingerprint density at radius 2 is 1.75 bits per heavy atom. The predicted molar refractivity (Wildman–Crippen MR) is 111 cm³/mol. The van der Waals surface area contributed by atoms with Gasteiger partial charge in [0.2, 0.25) is 5.13 Å². The first-order chi connectivity index (χ1) is 13.5. The molecule has 0 unspecified atom stereocenters. The lowest BCUT2D eigenvalue weighted by molar-refractivity contribution is -0.122. The summed E-state index contributed by atoms with van der Waals surface area (Å²) in [5, 5.41) is 12.1. The number of aromatic nitrogens is 2. The molecule has 1 amide bonds. The first-order valence-corrected chi connectivity index (χ1v) is 9.84. The van der Waals surface area contributed by atoms with Crippen molar-refractivity contribution in [1.82, 2.24) is 10.2 Å². The Bertz CT molecular complexity index is 938. The van der Waals surface area contributed by atoms with Crippen molar-refractivity contribution in [2.45, 2.75) is 32.8 Å². The van der Waals surface area contributed by atoms with Gasteiger partial charge in [-0.1, -0.05) is 43.4 Å². The molecule has 1 atom stereocenters. The molecule has 0 aliphatic rings. The zero-order chi connectivity index (χ0) is 20.1. The molecule has 3 rings (SSSR count). The normalized spacial score (nSPS) is 11.9. The lowest BCUT2D eigenvalue weighted by atomic mass is 10.0. The summed E-state index contributed by atoms with van der Waals surface area (Å²) in [6.45, 7) is 5.90. The summed E-state index contributed by atoms with van der Waals surface area (Å²) in [6, 6.07) is 15.3. The molecule has 1 aromatic heterocycles. The Morgan fingerprint density at radius 1 is 1.04 bits per heavy atom. The van der Waals surface area contributed by atoms with Crippen molar-refractivity contribution < 1.29 is 14.3 Å². The SMILES string of the molecule is COc1ccc(-c2nnc(NC(=O)[C@@H](C)Oc3ccccc3C(C)C)s2)cc1. The molecule has 0 aliphatic heterocycles. The van der Waals surface area contributed by atoms with Crippen LogP contribution in [0.4, 0.5) is 5.13 Å². The van der Waals surface area contributed by atoms with Crippen LogP contribution in [0, 0.1) is 0 Å². The quantitative estimate of drug-likeness (QED) is 0.623. The topological polar surface area (TPSA) is 73.3 Å². The molecule has 0 saturated carbocycles. The Labute approximate surface area is 168 Å². The summed E-state index contributed by atoms with van der Waals surface area (Å²) in [5.74, 6) is 1.53. The lowest BCUT2D eigenvalue weighted by Crippen LogP contribution is -2.30. The number of carbonyl (C=O) groups is 1. The van der Waals surface area contributed by atoms with Gasteiger partial charge in [0, 0.05) is 5.56 Å². The zero-order valence-corrected chi connectivity index (χ0v) is 17.1. The molecule has 0 fully saturated rings. The molecule has 0 saturated heterocycles. The van der Waals surface area contributed by atoms with Gasteiger partial charge >= 0.3 is 0 Å². The number of nitrogens with zero attached hydrogens (tertiary/aromatic N) is 2. The summed E-state index contributed by atoms with van der Waals surface area (Å²) < 4.78 is 11.0. The van der Waals surface area contributed by atoms with Crippen molar-refractivity contribution in [2.24, 2.45) is 0 Å². The van der Waals surface area contributed by atoms with Gasteiger partial charge in [0.1, 0.15) is 16.5 Å². The van der Waals surface area contributed by atoms with Gasteiger partial charge in [-0.2, -0.15) is 0 Å². The molecule has 1 N–H and O–H groups in total. The minimum absolute atomic E-state index is 0.268. The second kappa shape index (κ2) is 8.84. The maximum absolute atomic E-state index is 12.5. The highest BCUT2D eigenvalue weighted by atomic mass is 32.1. The van der Waals surface area contributed by atoms with Crippen molar-refractivity contribution in [2.75, 3.05) is 12.4 Å². The number of hydrogen-bond donors (Lipinski definition) is 1. The predicted octanol–water partition coefficient (Wildman–Crippen LogP) is 4.74. The van der Waals surface area contributed by atoms with E-state index in [-0.39, 0.29) is 5.91 Å². The summed E-state index contributed by atoms with van der Waals surface area (Å²) in [6.07, 6.45) is -0.659. The molecule has 7 heteroatoms. The third-order valence-corrected chi connectivity index (χ3v) is 5.09. The van der Waals surface area contributed by atoms with Gasteiger partial charge in [-0.05, 0) is 48.7 Å². The lowest BCUT2D eigenvalue weighted by Gasteiger charge is -2.18. The fourth-order valence-electron chi connectivity index (χ4n) is 2.64. The molecule has 3 aromatic rings. The molecule has 0 spiro atoms. The zero-order valence-electron chi connectivity index (χ0n) is 16.3. The number of benzene rings is 2. The number of rotatable bonds is 7. The van der Waals surface area contributed by atoms with E-state index in [1.54, 1.807) is 14.0 Å². The van der Waals surface area contributed by atoms with Gasteiger partial charge in [0.05, 0.1) is 7.11 Å². The van der Waals surface area contributed by atoms with Crippen molar-refractivity contribution >= 4 is 22.4 Å². The number of para-hydroxylation sites is 1. The molecule has 146 valence electrons. The van der Waals surface area contributed by atoms with Crippen LogP contribution in [0.3, 0.4) is 0 Å². The fourth-order valence-corrected chi connectivity index (χ4v) is 3.39. The standard InChI is InChI=1S/C21H23N3O3S/c1-13(2)17-7-5-6-8-18(17)27-14(3)19(25)22-21-24-23-20(28-21)15-9-11-16(26-4)12-10-15/h5-14H,1-4H3,(H,22,24,25)/t14-/m1/s1. The number of nitrogens with one attached hydrogen (secondary N) is 1. The average Bonchev–Trinajstić information content (AvgIpc) is 3.16. The second-order valence-corrected chi connectivity index (χ2v) is 7.56. The molecular weight excluding hydrogens is 374 g/mol. The summed E-state index contributed by atoms with van der Waals surface area (Å²) in [7, 11) is 1.62. The average molecular weight is 398 g/mol. The van der Waals surface area contributed by atoms with E-state index in [1.165, 1.54) is 11.3 Å². The number of amides is 1. The van der Waals surface area contributed by atoms with E-state index in [1.807, 2.05) is 48.5 Å². The van der Waals surface area contributed by atoms with Crippen LogP contribution in [0.1, 0.15) is 32.3 Å². The summed E-state index contributed by atoms with van der Waals surface area (Å²) in [4.78, 5) is 12.5.